The fourth-order valence-corrected chi connectivity index (χ4v) is 4.44. The predicted octanol–water partition coefficient (Wildman–Crippen LogP) is 4.68. The molecule has 1 N–H and O–H groups in total. The van der Waals surface area contributed by atoms with E-state index in [-0.39, 0.29) is 12.0 Å². The number of hydrogen-bond donors (Lipinski definition) is 1. The highest BCUT2D eigenvalue weighted by molar-refractivity contribution is 7.15. The van der Waals surface area contributed by atoms with Gasteiger partial charge in [0.1, 0.15) is 11.9 Å². The fraction of sp³-hybridized carbons (Fsp3) is 0.409. The smallest absolute Gasteiger partial charge is 0.246 e. The number of thiazole rings is 1. The van der Waals surface area contributed by atoms with Crippen LogP contribution in [0.3, 0.4) is 0 Å². The van der Waals surface area contributed by atoms with E-state index in [4.69, 9.17) is 9.72 Å². The lowest BCUT2D eigenvalue weighted by atomic mass is 10.1. The number of hydrogen-bond acceptors (Lipinski definition) is 6. The summed E-state index contributed by atoms with van der Waals surface area (Å²) in [5.74, 6) is 1.23. The Morgan fingerprint density at radius 3 is 3.00 bits per heavy atom. The van der Waals surface area contributed by atoms with Gasteiger partial charge in [0.15, 0.2) is 5.13 Å². The van der Waals surface area contributed by atoms with Gasteiger partial charge in [-0.1, -0.05) is 6.58 Å². The molecular formula is C22H27N5O2S. The van der Waals surface area contributed by atoms with Gasteiger partial charge in [0.25, 0.3) is 0 Å². The zero-order valence-corrected chi connectivity index (χ0v) is 18.4. The number of ether oxygens (including phenoxy) is 1. The maximum Gasteiger partial charge on any atom is 0.246 e. The third-order valence-electron chi connectivity index (χ3n) is 5.24. The Bertz CT molecular complexity index is 1070. The van der Waals surface area contributed by atoms with E-state index in [1.54, 1.807) is 16.2 Å². The molecule has 4 heterocycles. The Morgan fingerprint density at radius 1 is 1.47 bits per heavy atom. The van der Waals surface area contributed by atoms with Crippen molar-refractivity contribution in [3.63, 3.8) is 0 Å². The molecule has 1 amide bonds. The van der Waals surface area contributed by atoms with Crippen molar-refractivity contribution in [2.75, 3.05) is 18.4 Å². The first-order chi connectivity index (χ1) is 14.4. The molecule has 4 rings (SSSR count). The molecule has 3 aromatic heterocycles. The van der Waals surface area contributed by atoms with Crippen molar-refractivity contribution >= 4 is 39.1 Å². The normalized spacial score (nSPS) is 16.8. The molecule has 1 fully saturated rings. The third kappa shape index (κ3) is 4.18. The van der Waals surface area contributed by atoms with Gasteiger partial charge in [-0.05, 0) is 45.8 Å². The Labute approximate surface area is 180 Å². The molecule has 158 valence electrons. The summed E-state index contributed by atoms with van der Waals surface area (Å²) >= 11 is 1.58. The van der Waals surface area contributed by atoms with Crippen LogP contribution in [0, 0.1) is 6.92 Å². The quantitative estimate of drug-likeness (QED) is 0.581. The molecule has 0 spiro atoms. The number of piperidine rings is 1. The number of amides is 1. The highest BCUT2D eigenvalue weighted by atomic mass is 32.1. The van der Waals surface area contributed by atoms with Gasteiger partial charge >= 0.3 is 0 Å². The number of aromatic nitrogens is 3. The van der Waals surface area contributed by atoms with E-state index >= 15 is 0 Å². The fourth-order valence-electron chi connectivity index (χ4n) is 3.77. The number of fused-ring (bicyclic) bond motifs is 1. The van der Waals surface area contributed by atoms with E-state index in [0.29, 0.717) is 24.3 Å². The van der Waals surface area contributed by atoms with Gasteiger partial charge in [0.05, 0.1) is 17.4 Å². The summed E-state index contributed by atoms with van der Waals surface area (Å²) in [5.41, 5.74) is 1.06. The largest absolute Gasteiger partial charge is 0.472 e. The minimum atomic E-state index is -0.0990. The molecule has 1 unspecified atom stereocenters. The van der Waals surface area contributed by atoms with Crippen molar-refractivity contribution in [1.29, 1.82) is 0 Å². The molecule has 30 heavy (non-hydrogen) atoms. The number of nitrogens with zero attached hydrogens (tertiary/aromatic N) is 4. The van der Waals surface area contributed by atoms with Crippen molar-refractivity contribution in [3.05, 3.63) is 42.1 Å². The second-order valence-corrected chi connectivity index (χ2v) is 9.07. The molecule has 1 aliphatic heterocycles. The summed E-state index contributed by atoms with van der Waals surface area (Å²) in [6.45, 7) is 11.2. The molecule has 1 aliphatic rings. The Morgan fingerprint density at radius 2 is 2.30 bits per heavy atom. The van der Waals surface area contributed by atoms with Gasteiger partial charge in [0, 0.05) is 35.9 Å². The van der Waals surface area contributed by atoms with Crippen LogP contribution in [-0.4, -0.2) is 44.5 Å². The van der Waals surface area contributed by atoms with Crippen LogP contribution in [0.5, 0.6) is 5.88 Å². The van der Waals surface area contributed by atoms with E-state index in [1.165, 1.54) is 6.08 Å². The molecule has 0 aromatic carbocycles. The van der Waals surface area contributed by atoms with Crippen LogP contribution < -0.4 is 10.1 Å². The monoisotopic (exact) mass is 425 g/mol. The minimum Gasteiger partial charge on any atom is -0.472 e. The Hall–Kier alpha value is -2.87. The Balaban J connectivity index is 1.67. The highest BCUT2D eigenvalue weighted by Gasteiger charge is 2.25. The lowest BCUT2D eigenvalue weighted by Gasteiger charge is -2.32. The number of carbonyl (C=O) groups is 1. The van der Waals surface area contributed by atoms with E-state index in [9.17, 15) is 4.79 Å². The minimum absolute atomic E-state index is 0.0538. The highest BCUT2D eigenvalue weighted by Crippen LogP contribution is 2.33. The number of likely N-dealkylation sites (tertiary alicyclic amines) is 1. The van der Waals surface area contributed by atoms with Crippen molar-refractivity contribution in [1.82, 2.24) is 19.4 Å². The molecule has 1 saturated heterocycles. The summed E-state index contributed by atoms with van der Waals surface area (Å²) in [6, 6.07) is 4.39. The first kappa shape index (κ1) is 20.4. The summed E-state index contributed by atoms with van der Waals surface area (Å²) in [6.07, 6.45) is 6.96. The van der Waals surface area contributed by atoms with Crippen molar-refractivity contribution in [3.8, 4) is 5.88 Å². The van der Waals surface area contributed by atoms with Crippen LogP contribution in [0.4, 0.5) is 10.9 Å². The lowest BCUT2D eigenvalue weighted by molar-refractivity contribution is -0.128. The van der Waals surface area contributed by atoms with Crippen LogP contribution in [0.1, 0.15) is 37.6 Å². The molecule has 0 bridgehead atoms. The van der Waals surface area contributed by atoms with Crippen LogP contribution in [0.15, 0.2) is 37.2 Å². The van der Waals surface area contributed by atoms with Crippen LogP contribution in [0.25, 0.3) is 10.9 Å². The van der Waals surface area contributed by atoms with Crippen LogP contribution in [0.2, 0.25) is 0 Å². The maximum atomic E-state index is 12.0. The molecule has 0 aliphatic carbocycles. The summed E-state index contributed by atoms with van der Waals surface area (Å²) in [4.78, 5) is 24.1. The van der Waals surface area contributed by atoms with E-state index in [2.05, 4.69) is 41.5 Å². The van der Waals surface area contributed by atoms with E-state index in [0.717, 1.165) is 40.3 Å². The van der Waals surface area contributed by atoms with Gasteiger partial charge in [-0.25, -0.2) is 4.98 Å². The van der Waals surface area contributed by atoms with Gasteiger partial charge < -0.3 is 19.5 Å². The van der Waals surface area contributed by atoms with E-state index < -0.39 is 0 Å². The number of anilines is 2. The molecule has 1 atom stereocenters. The lowest BCUT2D eigenvalue weighted by Crippen LogP contribution is -2.43. The zero-order chi connectivity index (χ0) is 21.3. The molecule has 3 aromatic rings. The number of pyridine rings is 1. The second kappa shape index (κ2) is 8.47. The zero-order valence-electron chi connectivity index (χ0n) is 17.6. The predicted molar refractivity (Wildman–Crippen MR) is 121 cm³/mol. The molecular weight excluding hydrogens is 398 g/mol. The first-order valence-corrected chi connectivity index (χ1v) is 11.0. The average Bonchev–Trinajstić information content (AvgIpc) is 3.34. The van der Waals surface area contributed by atoms with Crippen LogP contribution >= 0.6 is 11.3 Å². The standard InChI is InChI=1S/C22H27N5O2S/c1-5-20(28)26-9-6-7-16(13-26)29-21-17-8-10-27(14(2)3)18(17)11-19(24-21)25-22-23-12-15(4)30-22/h5,8,10-12,14,16H,1,6-7,9,13H2,2-4H3,(H,23,24,25). The first-order valence-electron chi connectivity index (χ1n) is 10.2. The average molecular weight is 426 g/mol. The molecule has 0 saturated carbocycles. The summed E-state index contributed by atoms with van der Waals surface area (Å²) < 4.78 is 8.57. The van der Waals surface area contributed by atoms with Crippen LogP contribution in [-0.2, 0) is 4.79 Å². The summed E-state index contributed by atoms with van der Waals surface area (Å²) in [5, 5.41) is 5.08. The Kier molecular flexibility index (Phi) is 5.76. The van der Waals surface area contributed by atoms with Gasteiger partial charge in [-0.3, -0.25) is 4.79 Å². The second-order valence-electron chi connectivity index (χ2n) is 7.83. The summed E-state index contributed by atoms with van der Waals surface area (Å²) in [7, 11) is 0. The number of rotatable bonds is 6. The third-order valence-corrected chi connectivity index (χ3v) is 6.07. The molecule has 7 nitrogen and oxygen atoms in total. The SMILES string of the molecule is C=CC(=O)N1CCCC(Oc2nc(Nc3ncc(C)s3)cc3c2ccn3C(C)C)C1. The topological polar surface area (TPSA) is 72.3 Å². The van der Waals surface area contributed by atoms with Gasteiger partial charge in [0.2, 0.25) is 11.8 Å². The molecule has 8 heteroatoms. The van der Waals surface area contributed by atoms with Gasteiger partial charge in [-0.15, -0.1) is 11.3 Å². The van der Waals surface area contributed by atoms with Crippen molar-refractivity contribution in [2.24, 2.45) is 0 Å². The van der Waals surface area contributed by atoms with Gasteiger partial charge in [-0.2, -0.15) is 4.98 Å². The van der Waals surface area contributed by atoms with E-state index in [1.807, 2.05) is 25.3 Å². The number of carbonyl (C=O) groups excluding carboxylic acids is 1. The maximum absolute atomic E-state index is 12.0. The number of nitrogens with one attached hydrogen (secondary N) is 1. The molecule has 0 radical (unpaired) electrons. The van der Waals surface area contributed by atoms with Crippen molar-refractivity contribution in [2.45, 2.75) is 45.8 Å². The van der Waals surface area contributed by atoms with Crippen molar-refractivity contribution < 1.29 is 9.53 Å². The number of aryl methyl sites for hydroxylation is 1.